The Kier molecular flexibility index (Phi) is 12.0. The quantitative estimate of drug-likeness (QED) is 0.194. The van der Waals surface area contributed by atoms with Crippen LogP contribution in [0, 0.1) is 0 Å². The van der Waals surface area contributed by atoms with Crippen molar-refractivity contribution in [2.24, 2.45) is 0 Å². The molecule has 3 aromatic carbocycles. The van der Waals surface area contributed by atoms with E-state index in [9.17, 15) is 9.59 Å². The van der Waals surface area contributed by atoms with Gasteiger partial charge >= 0.3 is 0 Å². The number of carbonyl (C=O) groups excluding carboxylic acids is 2. The molecule has 0 saturated carbocycles. The molecule has 1 atom stereocenters. The van der Waals surface area contributed by atoms with Crippen molar-refractivity contribution < 1.29 is 28.5 Å². The van der Waals surface area contributed by atoms with Gasteiger partial charge in [-0.3, -0.25) is 14.5 Å². The van der Waals surface area contributed by atoms with E-state index in [4.69, 9.17) is 18.9 Å². The van der Waals surface area contributed by atoms with Crippen LogP contribution in [0.15, 0.2) is 66.7 Å². The number of likely N-dealkylation sites (tertiary alicyclic amines) is 3. The molecule has 3 fully saturated rings. The van der Waals surface area contributed by atoms with E-state index in [-0.39, 0.29) is 25.0 Å². The first-order valence-corrected chi connectivity index (χ1v) is 19.4. The summed E-state index contributed by atoms with van der Waals surface area (Å²) in [6, 6.07) is 22.0. The van der Waals surface area contributed by atoms with Crippen molar-refractivity contribution in [3.8, 4) is 23.0 Å². The zero-order chi connectivity index (χ0) is 35.7. The van der Waals surface area contributed by atoms with E-state index in [1.165, 1.54) is 32.1 Å². The zero-order valence-electron chi connectivity index (χ0n) is 30.7. The number of rotatable bonds is 12. The van der Waals surface area contributed by atoms with Gasteiger partial charge in [-0.25, -0.2) is 0 Å². The SMILES string of the molecule is CC1=C(c2ccc(OCC(=O)N3CCCCC3)cc2)[C@H](c2ccc(OCCN3CCCCC3)cc2)Oc2cc(OCC(=O)N3CCCCC3)ccc21. The Morgan fingerprint density at radius 2 is 1.15 bits per heavy atom. The first-order chi connectivity index (χ1) is 25.5. The van der Waals surface area contributed by atoms with Crippen LogP contribution in [0.1, 0.15) is 87.5 Å². The van der Waals surface area contributed by atoms with Crippen LogP contribution in [0.5, 0.6) is 23.0 Å². The molecule has 0 radical (unpaired) electrons. The van der Waals surface area contributed by atoms with E-state index < -0.39 is 6.10 Å². The highest BCUT2D eigenvalue weighted by molar-refractivity contribution is 5.95. The van der Waals surface area contributed by atoms with Gasteiger partial charge in [-0.15, -0.1) is 0 Å². The van der Waals surface area contributed by atoms with E-state index in [1.807, 2.05) is 64.4 Å². The number of amides is 2. The van der Waals surface area contributed by atoms with Gasteiger partial charge in [0.25, 0.3) is 11.8 Å². The normalized spacial score (nSPS) is 19.4. The molecule has 0 aromatic heterocycles. The summed E-state index contributed by atoms with van der Waals surface area (Å²) in [6.45, 7) is 9.33. The number of nitrogens with zero attached hydrogens (tertiary/aromatic N) is 3. The first-order valence-electron chi connectivity index (χ1n) is 19.4. The average Bonchev–Trinajstić information content (AvgIpc) is 3.20. The Morgan fingerprint density at radius 3 is 1.77 bits per heavy atom. The highest BCUT2D eigenvalue weighted by atomic mass is 16.5. The van der Waals surface area contributed by atoms with Crippen molar-refractivity contribution in [2.45, 2.75) is 70.8 Å². The maximum absolute atomic E-state index is 12.8. The highest BCUT2D eigenvalue weighted by Crippen LogP contribution is 2.47. The summed E-state index contributed by atoms with van der Waals surface area (Å²) in [7, 11) is 0. The van der Waals surface area contributed by atoms with Crippen LogP contribution in [0.2, 0.25) is 0 Å². The molecule has 7 rings (SSSR count). The van der Waals surface area contributed by atoms with Crippen LogP contribution in [-0.4, -0.2) is 92.1 Å². The van der Waals surface area contributed by atoms with Crippen LogP contribution in [0.25, 0.3) is 11.1 Å². The van der Waals surface area contributed by atoms with E-state index in [2.05, 4.69) is 24.0 Å². The minimum atomic E-state index is -0.396. The third kappa shape index (κ3) is 8.92. The van der Waals surface area contributed by atoms with Gasteiger partial charge in [-0.2, -0.15) is 0 Å². The smallest absolute Gasteiger partial charge is 0.260 e. The van der Waals surface area contributed by atoms with Crippen molar-refractivity contribution in [3.05, 3.63) is 83.4 Å². The van der Waals surface area contributed by atoms with Crippen LogP contribution >= 0.6 is 0 Å². The number of ether oxygens (including phenoxy) is 4. The summed E-state index contributed by atoms with van der Waals surface area (Å²) in [4.78, 5) is 31.8. The van der Waals surface area contributed by atoms with Crippen LogP contribution in [-0.2, 0) is 9.59 Å². The number of hydrogen-bond acceptors (Lipinski definition) is 7. The second-order valence-corrected chi connectivity index (χ2v) is 14.5. The molecular weight excluding hydrogens is 654 g/mol. The predicted octanol–water partition coefficient (Wildman–Crippen LogP) is 7.40. The third-order valence-corrected chi connectivity index (χ3v) is 10.9. The Bertz CT molecular complexity index is 1690. The lowest BCUT2D eigenvalue weighted by molar-refractivity contribution is -0.135. The molecule has 3 saturated heterocycles. The van der Waals surface area contributed by atoms with E-state index >= 15 is 0 Å². The highest BCUT2D eigenvalue weighted by Gasteiger charge is 2.30. The van der Waals surface area contributed by atoms with Gasteiger partial charge in [-0.1, -0.05) is 30.7 Å². The minimum Gasteiger partial charge on any atom is -0.492 e. The van der Waals surface area contributed by atoms with Gasteiger partial charge in [0.05, 0.1) is 0 Å². The summed E-state index contributed by atoms with van der Waals surface area (Å²) in [5, 5.41) is 0. The molecule has 4 aliphatic rings. The van der Waals surface area contributed by atoms with Crippen molar-refractivity contribution in [1.82, 2.24) is 14.7 Å². The second-order valence-electron chi connectivity index (χ2n) is 14.5. The molecule has 9 nitrogen and oxygen atoms in total. The van der Waals surface area contributed by atoms with Gasteiger partial charge < -0.3 is 28.7 Å². The standard InChI is InChI=1S/C43H53N3O6/c1-32-38-20-19-37(51-31-41(48)46-25-9-4-10-26-46)29-39(38)52-43(34-13-17-35(18-14-34)49-28-27-44-21-5-2-6-22-44)42(32)33-11-15-36(16-12-33)50-30-40(47)45-23-7-3-8-24-45/h11-20,29,43H,2-10,21-28,30-31H2,1H3/t43-/m0/s1. The fourth-order valence-corrected chi connectivity index (χ4v) is 7.83. The maximum atomic E-state index is 12.8. The Hall–Kier alpha value is -4.50. The number of allylic oxidation sites excluding steroid dienone is 1. The third-order valence-electron chi connectivity index (χ3n) is 10.9. The Labute approximate surface area is 308 Å². The van der Waals surface area contributed by atoms with Gasteiger partial charge in [-0.05, 0) is 124 Å². The van der Waals surface area contributed by atoms with Crippen LogP contribution in [0.3, 0.4) is 0 Å². The summed E-state index contributed by atoms with van der Waals surface area (Å²) in [6.07, 6.45) is 10.0. The Morgan fingerprint density at radius 1 is 0.635 bits per heavy atom. The average molecular weight is 708 g/mol. The molecule has 0 bridgehead atoms. The number of piperidine rings is 3. The number of benzene rings is 3. The van der Waals surface area contributed by atoms with Crippen LogP contribution < -0.4 is 18.9 Å². The second kappa shape index (κ2) is 17.3. The molecule has 4 aliphatic heterocycles. The number of carbonyl (C=O) groups is 2. The predicted molar refractivity (Wildman–Crippen MR) is 203 cm³/mol. The molecule has 4 heterocycles. The summed E-state index contributed by atoms with van der Waals surface area (Å²) < 4.78 is 24.9. The number of fused-ring (bicyclic) bond motifs is 1. The van der Waals surface area contributed by atoms with Crippen molar-refractivity contribution in [1.29, 1.82) is 0 Å². The summed E-state index contributed by atoms with van der Waals surface area (Å²) in [5.74, 6) is 2.89. The molecular formula is C43H53N3O6. The topological polar surface area (TPSA) is 80.8 Å². The molecule has 276 valence electrons. The van der Waals surface area contributed by atoms with Gasteiger partial charge in [0.1, 0.15) is 35.7 Å². The van der Waals surface area contributed by atoms with Gasteiger partial charge in [0.15, 0.2) is 13.2 Å². The molecule has 0 unspecified atom stereocenters. The fraction of sp³-hybridized carbons (Fsp3) is 0.488. The maximum Gasteiger partial charge on any atom is 0.260 e. The Balaban J connectivity index is 1.09. The minimum absolute atomic E-state index is 0.0134. The lowest BCUT2D eigenvalue weighted by Crippen LogP contribution is -2.38. The zero-order valence-corrected chi connectivity index (χ0v) is 30.7. The molecule has 0 N–H and O–H groups in total. The van der Waals surface area contributed by atoms with Crippen molar-refractivity contribution in [3.63, 3.8) is 0 Å². The largest absolute Gasteiger partial charge is 0.492 e. The van der Waals surface area contributed by atoms with E-state index in [0.29, 0.717) is 23.9 Å². The van der Waals surface area contributed by atoms with Crippen LogP contribution in [0.4, 0.5) is 0 Å². The fourth-order valence-electron chi connectivity index (χ4n) is 7.83. The van der Waals surface area contributed by atoms with Crippen molar-refractivity contribution in [2.75, 3.05) is 65.6 Å². The monoisotopic (exact) mass is 707 g/mol. The van der Waals surface area contributed by atoms with Crippen molar-refractivity contribution >= 4 is 23.0 Å². The number of hydrogen-bond donors (Lipinski definition) is 0. The molecule has 52 heavy (non-hydrogen) atoms. The lowest BCUT2D eigenvalue weighted by Gasteiger charge is -2.31. The molecule has 0 spiro atoms. The summed E-state index contributed by atoms with van der Waals surface area (Å²) >= 11 is 0. The molecule has 3 aromatic rings. The van der Waals surface area contributed by atoms with E-state index in [1.54, 1.807) is 0 Å². The molecule has 9 heteroatoms. The lowest BCUT2D eigenvalue weighted by atomic mass is 9.86. The first kappa shape index (κ1) is 35.9. The van der Waals surface area contributed by atoms with Gasteiger partial charge in [0, 0.05) is 49.9 Å². The summed E-state index contributed by atoms with van der Waals surface area (Å²) in [5.41, 5.74) is 5.14. The molecule has 0 aliphatic carbocycles. The van der Waals surface area contributed by atoms with E-state index in [0.717, 1.165) is 105 Å². The molecule has 2 amide bonds. The van der Waals surface area contributed by atoms with Gasteiger partial charge in [0.2, 0.25) is 0 Å².